The van der Waals surface area contributed by atoms with Crippen LogP contribution < -0.4 is 15.4 Å². The van der Waals surface area contributed by atoms with Crippen molar-refractivity contribution in [2.24, 2.45) is 0 Å². The number of rotatable bonds is 4. The van der Waals surface area contributed by atoms with E-state index >= 15 is 0 Å². The molecule has 1 aromatic carbocycles. The molecule has 0 aliphatic rings. The molecule has 4 nitrogen and oxygen atoms in total. The van der Waals surface area contributed by atoms with Crippen molar-refractivity contribution in [1.82, 2.24) is 4.98 Å². The Morgan fingerprint density at radius 1 is 1.21 bits per heavy atom. The number of hydrogen-bond acceptors (Lipinski definition) is 4. The van der Waals surface area contributed by atoms with Gasteiger partial charge in [0.05, 0.1) is 12.3 Å². The fraction of sp³-hybridized carbons (Fsp3) is 0.267. The zero-order valence-corrected chi connectivity index (χ0v) is 11.6. The van der Waals surface area contributed by atoms with Crippen LogP contribution in [-0.4, -0.2) is 18.6 Å². The molecule has 0 unspecified atom stereocenters. The van der Waals surface area contributed by atoms with E-state index < -0.39 is 0 Å². The van der Waals surface area contributed by atoms with Gasteiger partial charge in [0.2, 0.25) is 5.88 Å². The first kappa shape index (κ1) is 13.2. The fourth-order valence-corrected chi connectivity index (χ4v) is 1.94. The number of nitrogen functional groups attached to an aromatic ring is 1. The van der Waals surface area contributed by atoms with Crippen molar-refractivity contribution < 1.29 is 4.74 Å². The quantitative estimate of drug-likeness (QED) is 0.914. The molecule has 0 saturated carbocycles. The summed E-state index contributed by atoms with van der Waals surface area (Å²) >= 11 is 0. The van der Waals surface area contributed by atoms with Crippen molar-refractivity contribution in [3.63, 3.8) is 0 Å². The molecule has 0 aliphatic carbocycles. The average molecular weight is 257 g/mol. The minimum absolute atomic E-state index is 0.487. The highest BCUT2D eigenvalue weighted by Gasteiger charge is 2.10. The van der Waals surface area contributed by atoms with Gasteiger partial charge in [0.25, 0.3) is 0 Å². The van der Waals surface area contributed by atoms with Crippen LogP contribution in [0, 0.1) is 6.92 Å². The normalized spacial score (nSPS) is 10.3. The van der Waals surface area contributed by atoms with Gasteiger partial charge in [-0.25, -0.2) is 0 Å². The van der Waals surface area contributed by atoms with Crippen molar-refractivity contribution in [1.29, 1.82) is 0 Å². The first-order valence-electron chi connectivity index (χ1n) is 6.32. The monoisotopic (exact) mass is 257 g/mol. The molecule has 0 amide bonds. The van der Waals surface area contributed by atoms with Crippen LogP contribution in [0.2, 0.25) is 0 Å². The van der Waals surface area contributed by atoms with E-state index in [1.807, 2.05) is 43.1 Å². The maximum atomic E-state index is 5.84. The number of aromatic nitrogens is 1. The molecule has 0 atom stereocenters. The second-order valence-electron chi connectivity index (χ2n) is 4.34. The molecular weight excluding hydrogens is 238 g/mol. The van der Waals surface area contributed by atoms with Crippen LogP contribution >= 0.6 is 0 Å². The number of aryl methyl sites for hydroxylation is 1. The highest BCUT2D eigenvalue weighted by atomic mass is 16.5. The maximum absolute atomic E-state index is 5.84. The topological polar surface area (TPSA) is 51.4 Å². The number of benzene rings is 1. The van der Waals surface area contributed by atoms with E-state index in [1.165, 1.54) is 5.56 Å². The van der Waals surface area contributed by atoms with Gasteiger partial charge in [-0.15, -0.1) is 0 Å². The molecule has 2 rings (SSSR count). The minimum atomic E-state index is 0.487. The second kappa shape index (κ2) is 5.61. The molecule has 19 heavy (non-hydrogen) atoms. The summed E-state index contributed by atoms with van der Waals surface area (Å²) in [5, 5.41) is 0. The molecule has 100 valence electrons. The summed E-state index contributed by atoms with van der Waals surface area (Å²) in [6.07, 6.45) is 0. The van der Waals surface area contributed by atoms with E-state index in [4.69, 9.17) is 10.5 Å². The van der Waals surface area contributed by atoms with E-state index in [2.05, 4.69) is 24.0 Å². The van der Waals surface area contributed by atoms with Crippen molar-refractivity contribution in [3.8, 4) is 5.88 Å². The lowest BCUT2D eigenvalue weighted by molar-refractivity contribution is 0.329. The Balaban J connectivity index is 2.36. The van der Waals surface area contributed by atoms with Gasteiger partial charge < -0.3 is 15.4 Å². The van der Waals surface area contributed by atoms with Crippen LogP contribution in [0.4, 0.5) is 17.2 Å². The molecule has 0 fully saturated rings. The van der Waals surface area contributed by atoms with Gasteiger partial charge in [-0.1, -0.05) is 18.2 Å². The highest BCUT2D eigenvalue weighted by Crippen LogP contribution is 2.28. The lowest BCUT2D eigenvalue weighted by atomic mass is 10.2. The van der Waals surface area contributed by atoms with Crippen LogP contribution in [-0.2, 0) is 0 Å². The molecular formula is C15H19N3O. The first-order chi connectivity index (χ1) is 9.13. The van der Waals surface area contributed by atoms with Crippen LogP contribution in [0.15, 0.2) is 36.4 Å². The molecule has 0 radical (unpaired) electrons. The molecule has 0 bridgehead atoms. The summed E-state index contributed by atoms with van der Waals surface area (Å²) in [6.45, 7) is 4.54. The Morgan fingerprint density at radius 2 is 1.95 bits per heavy atom. The summed E-state index contributed by atoms with van der Waals surface area (Å²) in [6, 6.07) is 11.9. The summed E-state index contributed by atoms with van der Waals surface area (Å²) in [4.78, 5) is 6.48. The molecule has 1 aromatic heterocycles. The van der Waals surface area contributed by atoms with Crippen molar-refractivity contribution in [2.75, 3.05) is 24.3 Å². The molecule has 0 spiro atoms. The Kier molecular flexibility index (Phi) is 3.90. The summed E-state index contributed by atoms with van der Waals surface area (Å²) in [7, 11) is 1.98. The zero-order chi connectivity index (χ0) is 13.8. The third-order valence-corrected chi connectivity index (χ3v) is 2.98. The SMILES string of the molecule is CCOc1nc(N(C)c2ccccc2C)ccc1N. The molecule has 0 aliphatic heterocycles. The van der Waals surface area contributed by atoms with Crippen molar-refractivity contribution >= 4 is 17.2 Å². The molecule has 0 saturated heterocycles. The van der Waals surface area contributed by atoms with Gasteiger partial charge in [-0.2, -0.15) is 4.98 Å². The van der Waals surface area contributed by atoms with Gasteiger partial charge in [0.1, 0.15) is 5.82 Å². The van der Waals surface area contributed by atoms with Crippen molar-refractivity contribution in [2.45, 2.75) is 13.8 Å². The van der Waals surface area contributed by atoms with Crippen LogP contribution in [0.3, 0.4) is 0 Å². The third kappa shape index (κ3) is 2.78. The Labute approximate surface area is 113 Å². The van der Waals surface area contributed by atoms with Crippen LogP contribution in [0.1, 0.15) is 12.5 Å². The van der Waals surface area contributed by atoms with Gasteiger partial charge in [-0.3, -0.25) is 0 Å². The molecule has 2 aromatic rings. The van der Waals surface area contributed by atoms with Crippen LogP contribution in [0.25, 0.3) is 0 Å². The standard InChI is InChI=1S/C15H19N3O/c1-4-19-15-12(16)9-10-14(17-15)18(3)13-8-6-5-7-11(13)2/h5-10H,4,16H2,1-3H3. The van der Waals surface area contributed by atoms with Crippen molar-refractivity contribution in [3.05, 3.63) is 42.0 Å². The van der Waals surface area contributed by atoms with E-state index in [-0.39, 0.29) is 0 Å². The predicted octanol–water partition coefficient (Wildman–Crippen LogP) is 3.14. The number of pyridine rings is 1. The lowest BCUT2D eigenvalue weighted by Gasteiger charge is -2.21. The number of nitrogens with zero attached hydrogens (tertiary/aromatic N) is 2. The summed E-state index contributed by atoms with van der Waals surface area (Å²) < 4.78 is 5.43. The highest BCUT2D eigenvalue weighted by molar-refractivity contribution is 5.65. The summed E-state index contributed by atoms with van der Waals surface area (Å²) in [5.41, 5.74) is 8.71. The number of nitrogens with two attached hydrogens (primary N) is 1. The van der Waals surface area contributed by atoms with Gasteiger partial charge in [0.15, 0.2) is 0 Å². The number of anilines is 3. The maximum Gasteiger partial charge on any atom is 0.239 e. The predicted molar refractivity (Wildman–Crippen MR) is 79.1 cm³/mol. The largest absolute Gasteiger partial charge is 0.476 e. The number of para-hydroxylation sites is 1. The number of ether oxygens (including phenoxy) is 1. The van der Waals surface area contributed by atoms with Gasteiger partial charge in [0, 0.05) is 12.7 Å². The van der Waals surface area contributed by atoms with Crippen LogP contribution in [0.5, 0.6) is 5.88 Å². The second-order valence-corrected chi connectivity index (χ2v) is 4.34. The fourth-order valence-electron chi connectivity index (χ4n) is 1.94. The number of hydrogen-bond donors (Lipinski definition) is 1. The zero-order valence-electron chi connectivity index (χ0n) is 11.6. The lowest BCUT2D eigenvalue weighted by Crippen LogP contribution is -2.13. The van der Waals surface area contributed by atoms with E-state index in [0.717, 1.165) is 11.5 Å². The Hall–Kier alpha value is -2.23. The van der Waals surface area contributed by atoms with E-state index in [0.29, 0.717) is 18.2 Å². The summed E-state index contributed by atoms with van der Waals surface area (Å²) in [5.74, 6) is 1.30. The minimum Gasteiger partial charge on any atom is -0.476 e. The Bertz CT molecular complexity index is 569. The van der Waals surface area contributed by atoms with E-state index in [1.54, 1.807) is 0 Å². The molecule has 4 heteroatoms. The van der Waals surface area contributed by atoms with Gasteiger partial charge in [-0.05, 0) is 37.6 Å². The average Bonchev–Trinajstić information content (AvgIpc) is 2.41. The molecule has 2 N–H and O–H groups in total. The van der Waals surface area contributed by atoms with E-state index in [9.17, 15) is 0 Å². The van der Waals surface area contributed by atoms with Gasteiger partial charge >= 0.3 is 0 Å². The first-order valence-corrected chi connectivity index (χ1v) is 6.32. The smallest absolute Gasteiger partial charge is 0.239 e. The Morgan fingerprint density at radius 3 is 2.63 bits per heavy atom. The molecule has 1 heterocycles. The third-order valence-electron chi connectivity index (χ3n) is 2.98.